The highest BCUT2D eigenvalue weighted by molar-refractivity contribution is 5.82. The van der Waals surface area contributed by atoms with Crippen molar-refractivity contribution in [3.63, 3.8) is 0 Å². The second-order valence-corrected chi connectivity index (χ2v) is 3.42. The lowest BCUT2D eigenvalue weighted by molar-refractivity contribution is -0.143. The summed E-state index contributed by atoms with van der Waals surface area (Å²) in [7, 11) is 0. The molecule has 1 aromatic carbocycles. The van der Waals surface area contributed by atoms with Gasteiger partial charge in [0.25, 0.3) is 0 Å². The number of nitrogens with one attached hydrogen (secondary N) is 1. The van der Waals surface area contributed by atoms with Crippen LogP contribution in [0.2, 0.25) is 0 Å². The fraction of sp³-hybridized carbons (Fsp3) is 0.364. The molecule has 1 heterocycles. The summed E-state index contributed by atoms with van der Waals surface area (Å²) in [6.07, 6.45) is 0.362. The molecule has 15 heavy (non-hydrogen) atoms. The van der Waals surface area contributed by atoms with E-state index in [1.807, 2.05) is 0 Å². The van der Waals surface area contributed by atoms with Gasteiger partial charge in [-0.25, -0.2) is 9.18 Å². The molecule has 1 atom stereocenters. The molecule has 2 rings (SSSR count). The van der Waals surface area contributed by atoms with E-state index in [0.717, 1.165) is 0 Å². The molecule has 3 nitrogen and oxygen atoms in total. The minimum Gasteiger partial charge on any atom is -0.464 e. The van der Waals surface area contributed by atoms with Gasteiger partial charge in [0.1, 0.15) is 11.9 Å². The minimum absolute atomic E-state index is 0.271. The van der Waals surface area contributed by atoms with Crippen LogP contribution in [-0.4, -0.2) is 18.6 Å². The van der Waals surface area contributed by atoms with E-state index in [1.54, 1.807) is 19.1 Å². The number of carbonyl (C=O) groups excluding carboxylic acids is 1. The quantitative estimate of drug-likeness (QED) is 0.754. The normalized spacial score (nSPS) is 18.1. The standard InChI is InChI=1S/C11H12FNO2/c1-2-15-11(14)10-6-7-8(12)4-3-5-9(7)13-10/h3-5,10,13H,2,6H2,1H3. The van der Waals surface area contributed by atoms with Gasteiger partial charge in [0.15, 0.2) is 0 Å². The number of halogens is 1. The van der Waals surface area contributed by atoms with Crippen LogP contribution in [0.15, 0.2) is 18.2 Å². The van der Waals surface area contributed by atoms with Crippen LogP contribution in [-0.2, 0) is 16.0 Å². The van der Waals surface area contributed by atoms with Crippen molar-refractivity contribution in [3.8, 4) is 0 Å². The first-order valence-electron chi connectivity index (χ1n) is 4.93. The monoisotopic (exact) mass is 209 g/mol. The van der Waals surface area contributed by atoms with E-state index in [-0.39, 0.29) is 11.8 Å². The van der Waals surface area contributed by atoms with Gasteiger partial charge in [-0.3, -0.25) is 0 Å². The molecule has 0 fully saturated rings. The van der Waals surface area contributed by atoms with E-state index in [1.165, 1.54) is 6.07 Å². The summed E-state index contributed by atoms with van der Waals surface area (Å²) in [4.78, 5) is 11.4. The molecule has 0 saturated carbocycles. The Morgan fingerprint density at radius 2 is 2.47 bits per heavy atom. The Balaban J connectivity index is 2.15. The number of ether oxygens (including phenoxy) is 1. The molecule has 0 saturated heterocycles. The summed E-state index contributed by atoms with van der Waals surface area (Å²) >= 11 is 0. The van der Waals surface area contributed by atoms with E-state index in [0.29, 0.717) is 24.3 Å². The van der Waals surface area contributed by atoms with E-state index < -0.39 is 6.04 Å². The Morgan fingerprint density at radius 3 is 3.13 bits per heavy atom. The number of hydrogen-bond donors (Lipinski definition) is 1. The lowest BCUT2D eigenvalue weighted by Gasteiger charge is -2.09. The smallest absolute Gasteiger partial charge is 0.328 e. The fourth-order valence-corrected chi connectivity index (χ4v) is 1.73. The maximum atomic E-state index is 13.3. The van der Waals surface area contributed by atoms with Crippen molar-refractivity contribution < 1.29 is 13.9 Å². The predicted octanol–water partition coefficient (Wildman–Crippen LogP) is 1.73. The van der Waals surface area contributed by atoms with Crippen molar-refractivity contribution in [2.24, 2.45) is 0 Å². The van der Waals surface area contributed by atoms with Crippen LogP contribution in [0.25, 0.3) is 0 Å². The number of esters is 1. The fourth-order valence-electron chi connectivity index (χ4n) is 1.73. The molecular formula is C11H12FNO2. The highest BCUT2D eigenvalue weighted by atomic mass is 19.1. The molecule has 0 bridgehead atoms. The Bertz CT molecular complexity index is 392. The van der Waals surface area contributed by atoms with Crippen molar-refractivity contribution in [2.45, 2.75) is 19.4 Å². The Labute approximate surface area is 87.2 Å². The number of benzene rings is 1. The second-order valence-electron chi connectivity index (χ2n) is 3.42. The average Bonchev–Trinajstić information content (AvgIpc) is 2.63. The Kier molecular flexibility index (Phi) is 2.58. The van der Waals surface area contributed by atoms with Gasteiger partial charge in [0.2, 0.25) is 0 Å². The number of carbonyl (C=O) groups is 1. The third kappa shape index (κ3) is 1.79. The molecule has 1 aromatic rings. The van der Waals surface area contributed by atoms with Gasteiger partial charge in [0.05, 0.1) is 6.61 Å². The van der Waals surface area contributed by atoms with Gasteiger partial charge < -0.3 is 10.1 Å². The van der Waals surface area contributed by atoms with Crippen LogP contribution in [0.3, 0.4) is 0 Å². The largest absolute Gasteiger partial charge is 0.464 e. The van der Waals surface area contributed by atoms with E-state index in [4.69, 9.17) is 4.74 Å². The zero-order valence-corrected chi connectivity index (χ0v) is 8.42. The SMILES string of the molecule is CCOC(=O)C1Cc2c(F)cccc2N1. The highest BCUT2D eigenvalue weighted by Gasteiger charge is 2.29. The lowest BCUT2D eigenvalue weighted by atomic mass is 10.1. The average molecular weight is 209 g/mol. The molecule has 0 aliphatic carbocycles. The Hall–Kier alpha value is -1.58. The molecule has 0 aromatic heterocycles. The van der Waals surface area contributed by atoms with E-state index in [9.17, 15) is 9.18 Å². The first kappa shape index (κ1) is 9.96. The Morgan fingerprint density at radius 1 is 1.67 bits per heavy atom. The van der Waals surface area contributed by atoms with Gasteiger partial charge in [-0.1, -0.05) is 6.07 Å². The van der Waals surface area contributed by atoms with Gasteiger partial charge in [-0.2, -0.15) is 0 Å². The van der Waals surface area contributed by atoms with Crippen LogP contribution >= 0.6 is 0 Å². The number of anilines is 1. The summed E-state index contributed by atoms with van der Waals surface area (Å²) in [6, 6.07) is 4.33. The third-order valence-electron chi connectivity index (χ3n) is 2.43. The van der Waals surface area contributed by atoms with E-state index in [2.05, 4.69) is 5.32 Å². The van der Waals surface area contributed by atoms with E-state index >= 15 is 0 Å². The lowest BCUT2D eigenvalue weighted by Crippen LogP contribution is -2.29. The molecule has 80 valence electrons. The summed E-state index contributed by atoms with van der Waals surface area (Å²) < 4.78 is 18.2. The minimum atomic E-state index is -0.447. The summed E-state index contributed by atoms with van der Waals surface area (Å²) in [6.45, 7) is 2.09. The molecule has 1 N–H and O–H groups in total. The van der Waals surface area contributed by atoms with Gasteiger partial charge in [-0.05, 0) is 19.1 Å². The first-order chi connectivity index (χ1) is 7.22. The topological polar surface area (TPSA) is 38.3 Å². The molecule has 1 aliphatic heterocycles. The van der Waals surface area contributed by atoms with Crippen LogP contribution in [0.4, 0.5) is 10.1 Å². The molecule has 1 aliphatic rings. The van der Waals surface area contributed by atoms with Crippen molar-refractivity contribution in [2.75, 3.05) is 11.9 Å². The summed E-state index contributed by atoms with van der Waals surface area (Å²) in [5, 5.41) is 2.95. The maximum Gasteiger partial charge on any atom is 0.328 e. The summed E-state index contributed by atoms with van der Waals surface area (Å²) in [5.41, 5.74) is 1.25. The van der Waals surface area contributed by atoms with Crippen molar-refractivity contribution >= 4 is 11.7 Å². The van der Waals surface area contributed by atoms with Gasteiger partial charge >= 0.3 is 5.97 Å². The van der Waals surface area contributed by atoms with Crippen molar-refractivity contribution in [1.29, 1.82) is 0 Å². The molecule has 0 amide bonds. The second kappa shape index (κ2) is 3.88. The van der Waals surface area contributed by atoms with Crippen LogP contribution < -0.4 is 5.32 Å². The highest BCUT2D eigenvalue weighted by Crippen LogP contribution is 2.28. The number of hydrogen-bond acceptors (Lipinski definition) is 3. The molecule has 0 spiro atoms. The molecule has 1 unspecified atom stereocenters. The maximum absolute atomic E-state index is 13.3. The molecular weight excluding hydrogens is 197 g/mol. The van der Waals surface area contributed by atoms with Crippen molar-refractivity contribution in [1.82, 2.24) is 0 Å². The zero-order chi connectivity index (χ0) is 10.8. The number of rotatable bonds is 2. The van der Waals surface area contributed by atoms with Crippen LogP contribution in [0.1, 0.15) is 12.5 Å². The zero-order valence-electron chi connectivity index (χ0n) is 8.42. The van der Waals surface area contributed by atoms with Gasteiger partial charge in [0, 0.05) is 17.7 Å². The molecule has 0 radical (unpaired) electrons. The molecule has 4 heteroatoms. The third-order valence-corrected chi connectivity index (χ3v) is 2.43. The van der Waals surface area contributed by atoms with Gasteiger partial charge in [-0.15, -0.1) is 0 Å². The predicted molar refractivity (Wildman–Crippen MR) is 54.1 cm³/mol. The summed E-state index contributed by atoms with van der Waals surface area (Å²) in [5.74, 6) is -0.597. The first-order valence-corrected chi connectivity index (χ1v) is 4.93. The number of fused-ring (bicyclic) bond motifs is 1. The van der Waals surface area contributed by atoms with Crippen molar-refractivity contribution in [3.05, 3.63) is 29.6 Å². The van der Waals surface area contributed by atoms with Crippen LogP contribution in [0, 0.1) is 5.82 Å². The van der Waals surface area contributed by atoms with Crippen LogP contribution in [0.5, 0.6) is 0 Å².